The number of halogens is 3. The Hall–Kier alpha value is -3.58. The SMILES string of the molecule is C#CCCC[C@H](CCC)Oc1cc(O[C@@H](C)[C@@H](C)C[C@@H](F)CNC)nc(-c2noc(C(C)(C)c3c(F)cccc3F)c2C)n1. The molecule has 1 aromatic carbocycles. The van der Waals surface area contributed by atoms with Crippen molar-refractivity contribution in [3.8, 4) is 35.6 Å². The molecule has 0 aliphatic rings. The molecule has 3 aromatic rings. The van der Waals surface area contributed by atoms with Crippen LogP contribution in [-0.2, 0) is 5.41 Å². The average Bonchev–Trinajstić information content (AvgIpc) is 3.35. The second-order valence-corrected chi connectivity index (χ2v) is 11.9. The van der Waals surface area contributed by atoms with E-state index in [0.717, 1.165) is 25.7 Å². The molecule has 0 amide bonds. The fraction of sp³-hybridized carbons (Fsp3) is 0.559. The minimum Gasteiger partial charge on any atom is -0.474 e. The van der Waals surface area contributed by atoms with Crippen molar-refractivity contribution >= 4 is 0 Å². The van der Waals surface area contributed by atoms with Crippen molar-refractivity contribution in [1.82, 2.24) is 20.4 Å². The van der Waals surface area contributed by atoms with Gasteiger partial charge in [0.05, 0.1) is 11.5 Å². The van der Waals surface area contributed by atoms with Gasteiger partial charge < -0.3 is 19.3 Å². The van der Waals surface area contributed by atoms with Crippen molar-refractivity contribution < 1.29 is 27.2 Å². The maximum atomic E-state index is 14.8. The third-order valence-electron chi connectivity index (χ3n) is 7.88. The number of nitrogens with zero attached hydrogens (tertiary/aromatic N) is 3. The Morgan fingerprint density at radius 1 is 1.09 bits per heavy atom. The van der Waals surface area contributed by atoms with E-state index >= 15 is 0 Å². The predicted octanol–water partition coefficient (Wildman–Crippen LogP) is 7.75. The number of hydrogen-bond acceptors (Lipinski definition) is 7. The molecule has 10 heteroatoms. The Morgan fingerprint density at radius 3 is 2.36 bits per heavy atom. The molecule has 3 rings (SSSR count). The summed E-state index contributed by atoms with van der Waals surface area (Å²) in [5, 5.41) is 7.09. The molecule has 1 N–H and O–H groups in total. The van der Waals surface area contributed by atoms with Gasteiger partial charge in [0, 0.05) is 24.1 Å². The van der Waals surface area contributed by atoms with Gasteiger partial charge in [0.2, 0.25) is 11.8 Å². The third-order valence-corrected chi connectivity index (χ3v) is 7.88. The summed E-state index contributed by atoms with van der Waals surface area (Å²) in [6.45, 7) is 11.2. The Bertz CT molecular complexity index is 1380. The van der Waals surface area contributed by atoms with Gasteiger partial charge in [-0.3, -0.25) is 0 Å². The minimum absolute atomic E-state index is 0.116. The maximum Gasteiger partial charge on any atom is 0.221 e. The largest absolute Gasteiger partial charge is 0.474 e. The van der Waals surface area contributed by atoms with E-state index in [-0.39, 0.29) is 59.3 Å². The van der Waals surface area contributed by atoms with Gasteiger partial charge in [-0.15, -0.1) is 12.3 Å². The molecule has 2 heterocycles. The van der Waals surface area contributed by atoms with E-state index in [4.69, 9.17) is 20.4 Å². The van der Waals surface area contributed by atoms with Crippen LogP contribution < -0.4 is 14.8 Å². The number of ether oxygens (including phenoxy) is 2. The first-order valence-corrected chi connectivity index (χ1v) is 15.3. The predicted molar refractivity (Wildman–Crippen MR) is 165 cm³/mol. The highest BCUT2D eigenvalue weighted by Crippen LogP contribution is 2.39. The number of rotatable bonds is 17. The minimum atomic E-state index is -1.19. The summed E-state index contributed by atoms with van der Waals surface area (Å²) in [5.74, 6) is 2.14. The molecular formula is C34H45F3N4O3. The Kier molecular flexibility index (Phi) is 12.6. The molecule has 240 valence electrons. The van der Waals surface area contributed by atoms with Crippen LogP contribution in [0.2, 0.25) is 0 Å². The van der Waals surface area contributed by atoms with Crippen LogP contribution in [0.25, 0.3) is 11.5 Å². The van der Waals surface area contributed by atoms with Crippen LogP contribution >= 0.6 is 0 Å². The van der Waals surface area contributed by atoms with Crippen molar-refractivity contribution in [2.45, 2.75) is 104 Å². The quantitative estimate of drug-likeness (QED) is 0.123. The molecule has 0 bridgehead atoms. The summed E-state index contributed by atoms with van der Waals surface area (Å²) in [6.07, 6.45) is 8.14. The molecular weight excluding hydrogens is 569 g/mol. The summed E-state index contributed by atoms with van der Waals surface area (Å²) >= 11 is 0. The summed E-state index contributed by atoms with van der Waals surface area (Å²) in [4.78, 5) is 9.27. The van der Waals surface area contributed by atoms with Crippen LogP contribution in [0.1, 0.15) is 90.0 Å². The van der Waals surface area contributed by atoms with Crippen molar-refractivity contribution in [2.75, 3.05) is 13.6 Å². The van der Waals surface area contributed by atoms with Crippen molar-refractivity contribution in [1.29, 1.82) is 0 Å². The van der Waals surface area contributed by atoms with Crippen molar-refractivity contribution in [2.24, 2.45) is 5.92 Å². The summed E-state index contributed by atoms with van der Waals surface area (Å²) < 4.78 is 62.2. The number of unbranched alkanes of at least 4 members (excludes halogenated alkanes) is 1. The van der Waals surface area contributed by atoms with Crippen LogP contribution in [0.4, 0.5) is 13.2 Å². The Balaban J connectivity index is 2.02. The van der Waals surface area contributed by atoms with Gasteiger partial charge in [-0.1, -0.05) is 31.5 Å². The smallest absolute Gasteiger partial charge is 0.221 e. The third kappa shape index (κ3) is 8.75. The average molecular weight is 615 g/mol. The summed E-state index contributed by atoms with van der Waals surface area (Å²) in [5.41, 5.74) is -0.511. The molecule has 0 fully saturated rings. The molecule has 0 saturated carbocycles. The monoisotopic (exact) mass is 614 g/mol. The lowest BCUT2D eigenvalue weighted by atomic mass is 9.79. The lowest BCUT2D eigenvalue weighted by Crippen LogP contribution is -2.28. The molecule has 7 nitrogen and oxygen atoms in total. The maximum absolute atomic E-state index is 14.8. The van der Waals surface area contributed by atoms with E-state index in [1.54, 1.807) is 33.9 Å². The number of aromatic nitrogens is 3. The summed E-state index contributed by atoms with van der Waals surface area (Å²) in [6, 6.07) is 5.36. The van der Waals surface area contributed by atoms with Gasteiger partial charge in [-0.05, 0) is 78.5 Å². The standard InChI is InChI=1S/C34H45F3N4O3/c1-9-11-12-15-25(14-10-2)43-29-19-28(42-23(5)21(3)18-24(35)20-38-8)39-33(40-29)31-22(4)32(44-41-31)34(6,7)30-26(36)16-13-17-27(30)37/h1,13,16-17,19,21,23-25,38H,10-12,14-15,18,20H2,2-8H3/t21-,23-,24+,25-/m0/s1. The lowest BCUT2D eigenvalue weighted by molar-refractivity contribution is 0.124. The molecule has 0 aliphatic carbocycles. The molecule has 0 aliphatic heterocycles. The van der Waals surface area contributed by atoms with E-state index in [1.807, 2.05) is 13.8 Å². The molecule has 0 saturated heterocycles. The first-order chi connectivity index (χ1) is 20.9. The zero-order chi connectivity index (χ0) is 32.4. The van der Waals surface area contributed by atoms with Crippen LogP contribution in [-0.4, -0.2) is 47.1 Å². The van der Waals surface area contributed by atoms with E-state index in [1.165, 1.54) is 18.2 Å². The van der Waals surface area contributed by atoms with Crippen molar-refractivity contribution in [3.63, 3.8) is 0 Å². The lowest BCUT2D eigenvalue weighted by Gasteiger charge is -2.24. The highest BCUT2D eigenvalue weighted by Gasteiger charge is 2.36. The number of terminal acetylenes is 1. The Labute approximate surface area is 259 Å². The van der Waals surface area contributed by atoms with Crippen LogP contribution in [0.3, 0.4) is 0 Å². The van der Waals surface area contributed by atoms with Crippen LogP contribution in [0, 0.1) is 36.8 Å². The topological polar surface area (TPSA) is 82.3 Å². The fourth-order valence-corrected chi connectivity index (χ4v) is 5.36. The van der Waals surface area contributed by atoms with Gasteiger partial charge in [0.15, 0.2) is 17.3 Å². The van der Waals surface area contributed by atoms with Gasteiger partial charge in [0.1, 0.15) is 30.0 Å². The zero-order valence-corrected chi connectivity index (χ0v) is 26.8. The van der Waals surface area contributed by atoms with E-state index in [2.05, 4.69) is 33.3 Å². The molecule has 44 heavy (non-hydrogen) atoms. The van der Waals surface area contributed by atoms with Gasteiger partial charge >= 0.3 is 0 Å². The molecule has 0 spiro atoms. The first kappa shape index (κ1) is 34.9. The molecule has 0 unspecified atom stereocenters. The van der Waals surface area contributed by atoms with Gasteiger partial charge in [-0.25, -0.2) is 13.2 Å². The molecule has 4 atom stereocenters. The highest BCUT2D eigenvalue weighted by molar-refractivity contribution is 5.58. The number of alkyl halides is 1. The number of benzene rings is 1. The second kappa shape index (κ2) is 15.9. The molecule has 0 radical (unpaired) electrons. The van der Waals surface area contributed by atoms with E-state index in [9.17, 15) is 13.2 Å². The molecule has 2 aromatic heterocycles. The fourth-order valence-electron chi connectivity index (χ4n) is 5.36. The number of nitrogens with one attached hydrogen (secondary N) is 1. The first-order valence-electron chi connectivity index (χ1n) is 15.3. The Morgan fingerprint density at radius 2 is 1.75 bits per heavy atom. The number of hydrogen-bond donors (Lipinski definition) is 1. The van der Waals surface area contributed by atoms with Crippen LogP contribution in [0.15, 0.2) is 28.8 Å². The van der Waals surface area contributed by atoms with Gasteiger partial charge in [0.25, 0.3) is 0 Å². The zero-order valence-electron chi connectivity index (χ0n) is 26.8. The van der Waals surface area contributed by atoms with E-state index in [0.29, 0.717) is 18.4 Å². The van der Waals surface area contributed by atoms with Crippen molar-refractivity contribution in [3.05, 3.63) is 52.8 Å². The summed E-state index contributed by atoms with van der Waals surface area (Å²) in [7, 11) is 1.71. The van der Waals surface area contributed by atoms with Crippen LogP contribution in [0.5, 0.6) is 11.8 Å². The van der Waals surface area contributed by atoms with E-state index < -0.39 is 23.2 Å². The highest BCUT2D eigenvalue weighted by atomic mass is 19.1. The second-order valence-electron chi connectivity index (χ2n) is 11.9. The normalized spacial score (nSPS) is 14.5. The van der Waals surface area contributed by atoms with Gasteiger partial charge in [-0.2, -0.15) is 9.97 Å².